The number of amides is 1. The topological polar surface area (TPSA) is 72.2 Å². The van der Waals surface area contributed by atoms with E-state index in [0.29, 0.717) is 11.3 Å². The molecule has 0 fully saturated rings. The van der Waals surface area contributed by atoms with Gasteiger partial charge in [0.1, 0.15) is 0 Å². The average molecular weight is 288 g/mol. The fraction of sp³-hybridized carbons (Fsp3) is 0.0714. The van der Waals surface area contributed by atoms with Crippen LogP contribution in [-0.4, -0.2) is 10.2 Å². The van der Waals surface area contributed by atoms with Crippen LogP contribution in [0, 0.1) is 10.1 Å². The lowest BCUT2D eigenvalue weighted by molar-refractivity contribution is -0.385. The van der Waals surface area contributed by atoms with Gasteiger partial charge in [-0.15, -0.1) is 0 Å². The maximum Gasteiger partial charge on any atom is 0.283 e. The molecular formula is C14H12N2O3S. The van der Waals surface area contributed by atoms with Crippen molar-refractivity contribution in [3.05, 3.63) is 70.3 Å². The standard InChI is InChI=1S/C14H12N2O3S/c17-14(15-12-7-2-1-3-8-12)20-10-11-6-4-5-9-13(11)16(18)19/h1-9H,10H2,(H,15,17). The van der Waals surface area contributed by atoms with Gasteiger partial charge in [0, 0.05) is 23.1 Å². The summed E-state index contributed by atoms with van der Waals surface area (Å²) in [7, 11) is 0. The van der Waals surface area contributed by atoms with Gasteiger partial charge in [-0.25, -0.2) is 0 Å². The lowest BCUT2D eigenvalue weighted by Crippen LogP contribution is -2.05. The Kier molecular flexibility index (Phi) is 4.73. The monoisotopic (exact) mass is 288 g/mol. The minimum absolute atomic E-state index is 0.0347. The highest BCUT2D eigenvalue weighted by Crippen LogP contribution is 2.23. The molecule has 0 aromatic heterocycles. The predicted molar refractivity (Wildman–Crippen MR) is 79.9 cm³/mol. The zero-order valence-corrected chi connectivity index (χ0v) is 11.3. The number of carbonyl (C=O) groups excluding carboxylic acids is 1. The first-order chi connectivity index (χ1) is 9.66. The van der Waals surface area contributed by atoms with Gasteiger partial charge in [-0.2, -0.15) is 0 Å². The number of rotatable bonds is 4. The van der Waals surface area contributed by atoms with Crippen LogP contribution >= 0.6 is 11.8 Å². The molecule has 2 aromatic carbocycles. The summed E-state index contributed by atoms with van der Waals surface area (Å²) in [4.78, 5) is 22.2. The van der Waals surface area contributed by atoms with Crippen molar-refractivity contribution in [2.24, 2.45) is 0 Å². The zero-order chi connectivity index (χ0) is 14.4. The van der Waals surface area contributed by atoms with Gasteiger partial charge in [0.25, 0.3) is 10.9 Å². The lowest BCUT2D eigenvalue weighted by Gasteiger charge is -2.05. The van der Waals surface area contributed by atoms with Crippen molar-refractivity contribution in [3.63, 3.8) is 0 Å². The van der Waals surface area contributed by atoms with Crippen LogP contribution in [0.4, 0.5) is 16.2 Å². The van der Waals surface area contributed by atoms with Gasteiger partial charge in [-0.3, -0.25) is 14.9 Å². The number of thioether (sulfide) groups is 1. The first-order valence-corrected chi connectivity index (χ1v) is 6.86. The van der Waals surface area contributed by atoms with E-state index in [0.717, 1.165) is 11.8 Å². The minimum atomic E-state index is -0.439. The molecule has 0 bridgehead atoms. The molecule has 0 unspecified atom stereocenters. The molecule has 0 aliphatic heterocycles. The lowest BCUT2D eigenvalue weighted by atomic mass is 10.2. The van der Waals surface area contributed by atoms with E-state index in [1.807, 2.05) is 18.2 Å². The number of para-hydroxylation sites is 2. The number of hydrogen-bond donors (Lipinski definition) is 1. The number of hydrogen-bond acceptors (Lipinski definition) is 4. The van der Waals surface area contributed by atoms with E-state index < -0.39 is 4.92 Å². The highest BCUT2D eigenvalue weighted by Gasteiger charge is 2.13. The van der Waals surface area contributed by atoms with Gasteiger partial charge < -0.3 is 5.32 Å². The number of nitrogens with zero attached hydrogens (tertiary/aromatic N) is 1. The molecule has 0 saturated heterocycles. The van der Waals surface area contributed by atoms with E-state index in [2.05, 4.69) is 5.32 Å². The number of nitro benzene ring substituents is 1. The Labute approximate surface area is 120 Å². The smallest absolute Gasteiger partial charge is 0.283 e. The van der Waals surface area contributed by atoms with Crippen molar-refractivity contribution in [1.29, 1.82) is 0 Å². The Balaban J connectivity index is 1.96. The molecule has 0 radical (unpaired) electrons. The molecule has 20 heavy (non-hydrogen) atoms. The van der Waals surface area contributed by atoms with Gasteiger partial charge in [0.05, 0.1) is 4.92 Å². The Hall–Kier alpha value is -2.34. The maximum atomic E-state index is 11.7. The molecule has 2 aromatic rings. The Morgan fingerprint density at radius 3 is 2.45 bits per heavy atom. The van der Waals surface area contributed by atoms with Gasteiger partial charge in [0.15, 0.2) is 0 Å². The van der Waals surface area contributed by atoms with E-state index in [-0.39, 0.29) is 16.7 Å². The van der Waals surface area contributed by atoms with Crippen LogP contribution in [0.2, 0.25) is 0 Å². The Morgan fingerprint density at radius 2 is 1.75 bits per heavy atom. The molecule has 5 nitrogen and oxygen atoms in total. The molecular weight excluding hydrogens is 276 g/mol. The van der Waals surface area contributed by atoms with Crippen LogP contribution in [0.5, 0.6) is 0 Å². The second kappa shape index (κ2) is 6.72. The van der Waals surface area contributed by atoms with Crippen LogP contribution in [-0.2, 0) is 5.75 Å². The van der Waals surface area contributed by atoms with Crippen LogP contribution in [0.25, 0.3) is 0 Å². The molecule has 0 spiro atoms. The number of benzene rings is 2. The van der Waals surface area contributed by atoms with Crippen molar-refractivity contribution >= 4 is 28.4 Å². The number of carbonyl (C=O) groups is 1. The summed E-state index contributed by atoms with van der Waals surface area (Å²) in [5.41, 5.74) is 1.27. The number of anilines is 1. The largest absolute Gasteiger partial charge is 0.317 e. The van der Waals surface area contributed by atoms with Crippen LogP contribution in [0.1, 0.15) is 5.56 Å². The second-order valence-corrected chi connectivity index (χ2v) is 4.90. The highest BCUT2D eigenvalue weighted by molar-refractivity contribution is 8.13. The normalized spacial score (nSPS) is 10.0. The van der Waals surface area contributed by atoms with Crippen LogP contribution < -0.4 is 5.32 Å². The van der Waals surface area contributed by atoms with Gasteiger partial charge in [0.2, 0.25) is 0 Å². The average Bonchev–Trinajstić information content (AvgIpc) is 2.46. The third kappa shape index (κ3) is 3.83. The highest BCUT2D eigenvalue weighted by atomic mass is 32.2. The summed E-state index contributed by atoms with van der Waals surface area (Å²) in [6.45, 7) is 0. The minimum Gasteiger partial charge on any atom is -0.317 e. The van der Waals surface area contributed by atoms with Gasteiger partial charge in [-0.1, -0.05) is 48.2 Å². The Bertz CT molecular complexity index is 617. The van der Waals surface area contributed by atoms with E-state index in [4.69, 9.17) is 0 Å². The number of nitro groups is 1. The van der Waals surface area contributed by atoms with Crippen molar-refractivity contribution in [2.45, 2.75) is 5.75 Å². The molecule has 0 saturated carbocycles. The summed E-state index contributed by atoms with van der Waals surface area (Å²) >= 11 is 1.00. The fourth-order valence-corrected chi connectivity index (χ4v) is 2.35. The Morgan fingerprint density at radius 1 is 1.10 bits per heavy atom. The van der Waals surface area contributed by atoms with Gasteiger partial charge in [-0.05, 0) is 12.1 Å². The molecule has 0 aliphatic rings. The van der Waals surface area contributed by atoms with E-state index in [9.17, 15) is 14.9 Å². The molecule has 1 amide bonds. The van der Waals surface area contributed by atoms with E-state index in [1.165, 1.54) is 6.07 Å². The number of nitrogens with one attached hydrogen (secondary N) is 1. The predicted octanol–water partition coefficient (Wildman–Crippen LogP) is 4.06. The summed E-state index contributed by atoms with van der Waals surface area (Å²) < 4.78 is 0. The summed E-state index contributed by atoms with van der Waals surface area (Å²) in [6, 6.07) is 15.5. The van der Waals surface area contributed by atoms with E-state index >= 15 is 0 Å². The third-order valence-corrected chi connectivity index (χ3v) is 3.39. The van der Waals surface area contributed by atoms with Crippen molar-refractivity contribution < 1.29 is 9.72 Å². The van der Waals surface area contributed by atoms with Gasteiger partial charge >= 0.3 is 0 Å². The molecule has 0 heterocycles. The van der Waals surface area contributed by atoms with Crippen molar-refractivity contribution in [2.75, 3.05) is 5.32 Å². The van der Waals surface area contributed by atoms with E-state index in [1.54, 1.807) is 30.3 Å². The van der Waals surface area contributed by atoms with Crippen LogP contribution in [0.3, 0.4) is 0 Å². The molecule has 0 aliphatic carbocycles. The summed E-state index contributed by atoms with van der Waals surface area (Å²) in [6.07, 6.45) is 0. The summed E-state index contributed by atoms with van der Waals surface area (Å²) in [5.74, 6) is 0.260. The molecule has 0 atom stereocenters. The molecule has 6 heteroatoms. The molecule has 2 rings (SSSR count). The van der Waals surface area contributed by atoms with Crippen molar-refractivity contribution in [1.82, 2.24) is 0 Å². The zero-order valence-electron chi connectivity index (χ0n) is 10.5. The SMILES string of the molecule is O=C(Nc1ccccc1)SCc1ccccc1[N+](=O)[O-]. The van der Waals surface area contributed by atoms with Crippen LogP contribution in [0.15, 0.2) is 54.6 Å². The molecule has 102 valence electrons. The first-order valence-electron chi connectivity index (χ1n) is 5.88. The third-order valence-electron chi connectivity index (χ3n) is 2.57. The summed E-state index contributed by atoms with van der Waals surface area (Å²) in [5, 5.41) is 13.3. The quantitative estimate of drug-likeness (QED) is 0.680. The van der Waals surface area contributed by atoms with Crippen molar-refractivity contribution in [3.8, 4) is 0 Å². The maximum absolute atomic E-state index is 11.7. The molecule has 1 N–H and O–H groups in total. The first kappa shape index (κ1) is 14.1. The fourth-order valence-electron chi connectivity index (χ4n) is 1.63. The second-order valence-electron chi connectivity index (χ2n) is 3.95.